The Morgan fingerprint density at radius 3 is 2.70 bits per heavy atom. The molecule has 1 heterocycles. The number of esters is 1. The van der Waals surface area contributed by atoms with Gasteiger partial charge in [-0.3, -0.25) is 4.79 Å². The molecule has 0 aliphatic carbocycles. The van der Waals surface area contributed by atoms with Gasteiger partial charge in [-0.25, -0.2) is 4.98 Å². The zero-order chi connectivity index (χ0) is 14.4. The minimum atomic E-state index is -0.469. The van der Waals surface area contributed by atoms with E-state index >= 15 is 0 Å². The fourth-order valence-electron chi connectivity index (χ4n) is 1.67. The van der Waals surface area contributed by atoms with Gasteiger partial charge in [0.25, 0.3) is 0 Å². The van der Waals surface area contributed by atoms with Crippen molar-refractivity contribution < 1.29 is 9.53 Å². The van der Waals surface area contributed by atoms with Gasteiger partial charge in [0.1, 0.15) is 10.3 Å². The van der Waals surface area contributed by atoms with E-state index < -0.39 is 5.25 Å². The topological polar surface area (TPSA) is 39.2 Å². The van der Waals surface area contributed by atoms with Crippen molar-refractivity contribution in [1.29, 1.82) is 0 Å². The first-order chi connectivity index (χ1) is 9.72. The number of rotatable bonds is 5. The second-order valence-corrected chi connectivity index (χ2v) is 5.45. The molecule has 1 aromatic carbocycles. The maximum atomic E-state index is 12.1. The molecule has 2 aromatic rings. The Labute approximate surface area is 127 Å². The van der Waals surface area contributed by atoms with Crippen LogP contribution in [0.1, 0.15) is 17.7 Å². The molecule has 1 unspecified atom stereocenters. The Bertz CT molecular complexity index is 577. The molecular weight excluding hydrogens is 294 g/mol. The molecule has 5 heteroatoms. The SMILES string of the molecule is CCOC(=O)C(Sc1ncccc1Cl)c1ccccc1. The monoisotopic (exact) mass is 307 g/mol. The lowest BCUT2D eigenvalue weighted by atomic mass is 10.1. The summed E-state index contributed by atoms with van der Waals surface area (Å²) in [6.45, 7) is 2.14. The molecule has 20 heavy (non-hydrogen) atoms. The fourth-order valence-corrected chi connectivity index (χ4v) is 2.91. The van der Waals surface area contributed by atoms with E-state index in [0.717, 1.165) is 5.56 Å². The van der Waals surface area contributed by atoms with E-state index in [1.807, 2.05) is 30.3 Å². The zero-order valence-corrected chi connectivity index (χ0v) is 12.5. The summed E-state index contributed by atoms with van der Waals surface area (Å²) in [5, 5.41) is 0.683. The first kappa shape index (κ1) is 14.9. The van der Waals surface area contributed by atoms with Crippen LogP contribution < -0.4 is 0 Å². The molecule has 1 aromatic heterocycles. The molecule has 0 N–H and O–H groups in total. The highest BCUT2D eigenvalue weighted by molar-refractivity contribution is 8.00. The van der Waals surface area contributed by atoms with Crippen LogP contribution in [-0.2, 0) is 9.53 Å². The molecular formula is C15H14ClNO2S. The van der Waals surface area contributed by atoms with E-state index in [1.54, 1.807) is 25.3 Å². The largest absolute Gasteiger partial charge is 0.465 e. The maximum absolute atomic E-state index is 12.1. The molecule has 0 bridgehead atoms. The Hall–Kier alpha value is -1.52. The average molecular weight is 308 g/mol. The Morgan fingerprint density at radius 1 is 1.30 bits per heavy atom. The van der Waals surface area contributed by atoms with Gasteiger partial charge in [-0.15, -0.1) is 0 Å². The molecule has 104 valence electrons. The van der Waals surface area contributed by atoms with Gasteiger partial charge in [0.05, 0.1) is 11.6 Å². The van der Waals surface area contributed by atoms with Gasteiger partial charge in [-0.1, -0.05) is 53.7 Å². The molecule has 0 aliphatic heterocycles. The van der Waals surface area contributed by atoms with Gasteiger partial charge < -0.3 is 4.74 Å². The number of nitrogens with zero attached hydrogens (tertiary/aromatic N) is 1. The summed E-state index contributed by atoms with van der Waals surface area (Å²) in [7, 11) is 0. The number of halogens is 1. The minimum absolute atomic E-state index is 0.287. The second kappa shape index (κ2) is 7.31. The van der Waals surface area contributed by atoms with Crippen molar-refractivity contribution in [3.63, 3.8) is 0 Å². The second-order valence-electron chi connectivity index (χ2n) is 3.95. The first-order valence-electron chi connectivity index (χ1n) is 6.21. The predicted octanol–water partition coefficient (Wildman–Crippen LogP) is 4.13. The number of carbonyl (C=O) groups is 1. The molecule has 0 saturated carbocycles. The summed E-state index contributed by atoms with van der Waals surface area (Å²) >= 11 is 7.40. The van der Waals surface area contributed by atoms with Crippen LogP contribution in [0.5, 0.6) is 0 Å². The van der Waals surface area contributed by atoms with Crippen molar-refractivity contribution in [1.82, 2.24) is 4.98 Å². The highest BCUT2D eigenvalue weighted by atomic mass is 35.5. The molecule has 0 aliphatic rings. The zero-order valence-electron chi connectivity index (χ0n) is 11.0. The molecule has 1 atom stereocenters. The molecule has 0 radical (unpaired) electrons. The Morgan fingerprint density at radius 2 is 2.05 bits per heavy atom. The summed E-state index contributed by atoms with van der Waals surface area (Å²) in [6, 6.07) is 13.0. The van der Waals surface area contributed by atoms with Crippen molar-refractivity contribution >= 4 is 29.3 Å². The average Bonchev–Trinajstić information content (AvgIpc) is 2.47. The smallest absolute Gasteiger partial charge is 0.324 e. The van der Waals surface area contributed by atoms with Crippen LogP contribution in [-0.4, -0.2) is 17.6 Å². The van der Waals surface area contributed by atoms with Gasteiger partial charge in [-0.05, 0) is 24.6 Å². The van der Waals surface area contributed by atoms with Crippen molar-refractivity contribution in [3.05, 3.63) is 59.2 Å². The van der Waals surface area contributed by atoms with Crippen molar-refractivity contribution in [2.24, 2.45) is 0 Å². The minimum Gasteiger partial charge on any atom is -0.465 e. The molecule has 3 nitrogen and oxygen atoms in total. The number of thioether (sulfide) groups is 1. The van der Waals surface area contributed by atoms with Crippen molar-refractivity contribution in [3.8, 4) is 0 Å². The fraction of sp³-hybridized carbons (Fsp3) is 0.200. The van der Waals surface area contributed by atoms with E-state index in [1.165, 1.54) is 11.8 Å². The molecule has 0 spiro atoms. The van der Waals surface area contributed by atoms with Gasteiger partial charge in [0.15, 0.2) is 0 Å². The third kappa shape index (κ3) is 3.74. The summed E-state index contributed by atoms with van der Waals surface area (Å²) in [6.07, 6.45) is 1.65. The van der Waals surface area contributed by atoms with Gasteiger partial charge in [0, 0.05) is 6.20 Å². The summed E-state index contributed by atoms with van der Waals surface area (Å²) < 4.78 is 5.14. The highest BCUT2D eigenvalue weighted by Gasteiger charge is 2.24. The number of aromatic nitrogens is 1. The normalized spacial score (nSPS) is 11.9. The van der Waals surface area contributed by atoms with Crippen LogP contribution >= 0.6 is 23.4 Å². The quantitative estimate of drug-likeness (QED) is 0.615. The summed E-state index contributed by atoms with van der Waals surface area (Å²) in [5.41, 5.74) is 0.873. The van der Waals surface area contributed by atoms with Crippen LogP contribution in [0.4, 0.5) is 0 Å². The first-order valence-corrected chi connectivity index (χ1v) is 7.47. The van der Waals surface area contributed by atoms with Crippen molar-refractivity contribution in [2.75, 3.05) is 6.61 Å². The van der Waals surface area contributed by atoms with Crippen LogP contribution in [0.15, 0.2) is 53.7 Å². The maximum Gasteiger partial charge on any atom is 0.324 e. The standard InChI is InChI=1S/C15H14ClNO2S/c1-2-19-15(18)13(11-7-4-3-5-8-11)20-14-12(16)9-6-10-17-14/h3-10,13H,2H2,1H3. The van der Waals surface area contributed by atoms with E-state index in [0.29, 0.717) is 16.7 Å². The molecule has 0 fully saturated rings. The Kier molecular flexibility index (Phi) is 5.44. The lowest BCUT2D eigenvalue weighted by Crippen LogP contribution is -2.13. The van der Waals surface area contributed by atoms with Crippen LogP contribution in [0.2, 0.25) is 5.02 Å². The van der Waals surface area contributed by atoms with E-state index in [4.69, 9.17) is 16.3 Å². The van der Waals surface area contributed by atoms with Gasteiger partial charge in [-0.2, -0.15) is 0 Å². The number of benzene rings is 1. The van der Waals surface area contributed by atoms with E-state index in [9.17, 15) is 4.79 Å². The molecule has 2 rings (SSSR count). The Balaban J connectivity index is 2.28. The number of ether oxygens (including phenoxy) is 1. The predicted molar refractivity (Wildman–Crippen MR) is 80.9 cm³/mol. The van der Waals surface area contributed by atoms with Crippen LogP contribution in [0.25, 0.3) is 0 Å². The molecule has 0 amide bonds. The van der Waals surface area contributed by atoms with Crippen LogP contribution in [0.3, 0.4) is 0 Å². The third-order valence-electron chi connectivity index (χ3n) is 2.56. The number of hydrogen-bond acceptors (Lipinski definition) is 4. The number of carbonyl (C=O) groups excluding carboxylic acids is 1. The van der Waals surface area contributed by atoms with Crippen molar-refractivity contribution in [2.45, 2.75) is 17.2 Å². The van der Waals surface area contributed by atoms with Gasteiger partial charge >= 0.3 is 5.97 Å². The van der Waals surface area contributed by atoms with Crippen LogP contribution in [0, 0.1) is 0 Å². The summed E-state index contributed by atoms with van der Waals surface area (Å²) in [4.78, 5) is 16.4. The van der Waals surface area contributed by atoms with Gasteiger partial charge in [0.2, 0.25) is 0 Å². The lowest BCUT2D eigenvalue weighted by Gasteiger charge is -2.15. The number of pyridine rings is 1. The molecule has 0 saturated heterocycles. The lowest BCUT2D eigenvalue weighted by molar-refractivity contribution is -0.142. The summed E-state index contributed by atoms with van der Waals surface area (Å²) in [5.74, 6) is -0.287. The van der Waals surface area contributed by atoms with E-state index in [-0.39, 0.29) is 5.97 Å². The highest BCUT2D eigenvalue weighted by Crippen LogP contribution is 2.38. The third-order valence-corrected chi connectivity index (χ3v) is 4.22. The number of hydrogen-bond donors (Lipinski definition) is 0. The van der Waals surface area contributed by atoms with E-state index in [2.05, 4.69) is 4.98 Å².